The molecule has 80 valence electrons. The zero-order valence-corrected chi connectivity index (χ0v) is 9.62. The number of hydrogen-bond donors (Lipinski definition) is 1. The average Bonchev–Trinajstić information content (AvgIpc) is 2.55. The van der Waals surface area contributed by atoms with Gasteiger partial charge in [-0.05, 0) is 32.0 Å². The van der Waals surface area contributed by atoms with Crippen LogP contribution in [0, 0.1) is 0 Å². The Balaban J connectivity index is 2.76. The number of halogens is 1. The molecule has 1 aromatic carbocycles. The molecule has 3 nitrogen and oxygen atoms in total. The maximum Gasteiger partial charge on any atom is 0.123 e. The first kappa shape index (κ1) is 10.5. The molecule has 0 amide bonds. The van der Waals surface area contributed by atoms with E-state index in [-0.39, 0.29) is 0 Å². The summed E-state index contributed by atoms with van der Waals surface area (Å²) in [6.45, 7) is 4.67. The van der Waals surface area contributed by atoms with Gasteiger partial charge in [0.25, 0.3) is 0 Å². The first-order valence-electron chi connectivity index (χ1n) is 5.00. The van der Waals surface area contributed by atoms with Crippen LogP contribution in [0.25, 0.3) is 11.0 Å². The van der Waals surface area contributed by atoms with Crippen LogP contribution in [0.15, 0.2) is 18.2 Å². The van der Waals surface area contributed by atoms with E-state index in [1.54, 1.807) is 0 Å². The van der Waals surface area contributed by atoms with E-state index in [1.165, 1.54) is 0 Å². The molecule has 2 N–H and O–H groups in total. The van der Waals surface area contributed by atoms with Gasteiger partial charge in [0.15, 0.2) is 0 Å². The predicted molar refractivity (Wildman–Crippen MR) is 63.0 cm³/mol. The molecule has 0 aliphatic heterocycles. The summed E-state index contributed by atoms with van der Waals surface area (Å²) in [6, 6.07) is 6.05. The number of nitrogens with zero attached hydrogens (tertiary/aromatic N) is 2. The third kappa shape index (κ3) is 1.73. The van der Waals surface area contributed by atoms with Crippen molar-refractivity contribution in [3.05, 3.63) is 29.0 Å². The largest absolute Gasteiger partial charge is 0.324 e. The molecule has 0 aliphatic rings. The number of benzene rings is 1. The summed E-state index contributed by atoms with van der Waals surface area (Å²) in [5.41, 5.74) is 7.68. The summed E-state index contributed by atoms with van der Waals surface area (Å²) in [5.74, 6) is 0.905. The van der Waals surface area contributed by atoms with Crippen molar-refractivity contribution >= 4 is 22.6 Å². The van der Waals surface area contributed by atoms with Gasteiger partial charge in [0.05, 0.1) is 17.6 Å². The van der Waals surface area contributed by atoms with Gasteiger partial charge in [0, 0.05) is 11.1 Å². The van der Waals surface area contributed by atoms with Gasteiger partial charge in [0.1, 0.15) is 5.82 Å². The fourth-order valence-electron chi connectivity index (χ4n) is 1.84. The summed E-state index contributed by atoms with van der Waals surface area (Å²) < 4.78 is 2.13. The standard InChI is InChI=1S/C11H14ClN3/c1-7(2)15-10-5-8(12)3-4-9(10)14-11(15)6-13/h3-5,7H,6,13H2,1-2H3. The van der Waals surface area contributed by atoms with Crippen LogP contribution in [0.3, 0.4) is 0 Å². The van der Waals surface area contributed by atoms with Crippen LogP contribution in [-0.2, 0) is 6.54 Å². The Kier molecular flexibility index (Phi) is 2.67. The minimum atomic E-state index is 0.340. The first-order chi connectivity index (χ1) is 7.13. The van der Waals surface area contributed by atoms with Gasteiger partial charge < -0.3 is 10.3 Å². The SMILES string of the molecule is CC(C)n1c(CN)nc2ccc(Cl)cc21. The van der Waals surface area contributed by atoms with Gasteiger partial charge in [-0.15, -0.1) is 0 Å². The Bertz CT molecular complexity index is 488. The molecule has 0 radical (unpaired) electrons. The highest BCUT2D eigenvalue weighted by atomic mass is 35.5. The second kappa shape index (κ2) is 3.83. The topological polar surface area (TPSA) is 43.8 Å². The average molecular weight is 224 g/mol. The number of hydrogen-bond acceptors (Lipinski definition) is 2. The molecule has 0 fully saturated rings. The number of fused-ring (bicyclic) bond motifs is 1. The number of rotatable bonds is 2. The fraction of sp³-hybridized carbons (Fsp3) is 0.364. The van der Waals surface area contributed by atoms with E-state index in [0.29, 0.717) is 12.6 Å². The monoisotopic (exact) mass is 223 g/mol. The summed E-state index contributed by atoms with van der Waals surface area (Å²) in [6.07, 6.45) is 0. The van der Waals surface area contributed by atoms with Crippen molar-refractivity contribution < 1.29 is 0 Å². The van der Waals surface area contributed by atoms with Crippen LogP contribution in [0.2, 0.25) is 5.02 Å². The molecule has 2 rings (SSSR count). The molecule has 15 heavy (non-hydrogen) atoms. The lowest BCUT2D eigenvalue weighted by Crippen LogP contribution is -2.10. The van der Waals surface area contributed by atoms with Gasteiger partial charge in [-0.2, -0.15) is 0 Å². The second-order valence-corrected chi connectivity index (χ2v) is 4.27. The van der Waals surface area contributed by atoms with Crippen LogP contribution in [-0.4, -0.2) is 9.55 Å². The Hall–Kier alpha value is -1.06. The van der Waals surface area contributed by atoms with Crippen LogP contribution < -0.4 is 5.73 Å². The van der Waals surface area contributed by atoms with Crippen molar-refractivity contribution in [2.24, 2.45) is 5.73 Å². The molecular formula is C11H14ClN3. The lowest BCUT2D eigenvalue weighted by Gasteiger charge is -2.11. The lowest BCUT2D eigenvalue weighted by molar-refractivity contribution is 0.585. The number of aromatic nitrogens is 2. The zero-order valence-electron chi connectivity index (χ0n) is 8.87. The van der Waals surface area contributed by atoms with Gasteiger partial charge in [-0.25, -0.2) is 4.98 Å². The fourth-order valence-corrected chi connectivity index (χ4v) is 2.00. The Morgan fingerprint density at radius 1 is 1.47 bits per heavy atom. The van der Waals surface area contributed by atoms with E-state index >= 15 is 0 Å². The molecule has 4 heteroatoms. The normalized spacial score (nSPS) is 11.5. The highest BCUT2D eigenvalue weighted by molar-refractivity contribution is 6.31. The molecule has 1 heterocycles. The highest BCUT2D eigenvalue weighted by Gasteiger charge is 2.11. The van der Waals surface area contributed by atoms with Crippen molar-refractivity contribution in [1.29, 1.82) is 0 Å². The Morgan fingerprint density at radius 3 is 2.80 bits per heavy atom. The first-order valence-corrected chi connectivity index (χ1v) is 5.37. The Labute approximate surface area is 93.9 Å². The molecule has 0 saturated carbocycles. The second-order valence-electron chi connectivity index (χ2n) is 3.83. The lowest BCUT2D eigenvalue weighted by atomic mass is 10.3. The molecule has 0 unspecified atom stereocenters. The quantitative estimate of drug-likeness (QED) is 0.851. The summed E-state index contributed by atoms with van der Waals surface area (Å²) in [4.78, 5) is 4.47. The minimum absolute atomic E-state index is 0.340. The van der Waals surface area contributed by atoms with E-state index < -0.39 is 0 Å². The zero-order chi connectivity index (χ0) is 11.0. The molecule has 2 aromatic rings. The van der Waals surface area contributed by atoms with Crippen LogP contribution >= 0.6 is 11.6 Å². The van der Waals surface area contributed by atoms with Crippen molar-refractivity contribution in [2.45, 2.75) is 26.4 Å². The maximum atomic E-state index is 5.98. The van der Waals surface area contributed by atoms with Crippen LogP contribution in [0.5, 0.6) is 0 Å². The maximum absolute atomic E-state index is 5.98. The Morgan fingerprint density at radius 2 is 2.20 bits per heavy atom. The molecule has 0 bridgehead atoms. The third-order valence-electron chi connectivity index (χ3n) is 2.42. The molecule has 0 aliphatic carbocycles. The van der Waals surface area contributed by atoms with Gasteiger partial charge in [-0.3, -0.25) is 0 Å². The predicted octanol–water partition coefficient (Wildman–Crippen LogP) is 2.73. The summed E-state index contributed by atoms with van der Waals surface area (Å²) in [7, 11) is 0. The van der Waals surface area contributed by atoms with Gasteiger partial charge in [0.2, 0.25) is 0 Å². The van der Waals surface area contributed by atoms with Gasteiger partial charge >= 0.3 is 0 Å². The highest BCUT2D eigenvalue weighted by Crippen LogP contribution is 2.23. The van der Waals surface area contributed by atoms with Gasteiger partial charge in [-0.1, -0.05) is 11.6 Å². The third-order valence-corrected chi connectivity index (χ3v) is 2.66. The van der Waals surface area contributed by atoms with Crippen molar-refractivity contribution in [3.63, 3.8) is 0 Å². The molecule has 0 saturated heterocycles. The molecule has 0 spiro atoms. The van der Waals surface area contributed by atoms with Crippen molar-refractivity contribution in [2.75, 3.05) is 0 Å². The van der Waals surface area contributed by atoms with E-state index in [2.05, 4.69) is 23.4 Å². The molecular weight excluding hydrogens is 210 g/mol. The summed E-state index contributed by atoms with van der Waals surface area (Å²) in [5, 5.41) is 0.730. The smallest absolute Gasteiger partial charge is 0.123 e. The van der Waals surface area contributed by atoms with Crippen molar-refractivity contribution in [1.82, 2.24) is 9.55 Å². The van der Waals surface area contributed by atoms with E-state index in [4.69, 9.17) is 17.3 Å². The summed E-state index contributed by atoms with van der Waals surface area (Å²) >= 11 is 5.98. The van der Waals surface area contributed by atoms with E-state index in [9.17, 15) is 0 Å². The van der Waals surface area contributed by atoms with E-state index in [0.717, 1.165) is 21.9 Å². The van der Waals surface area contributed by atoms with Crippen LogP contribution in [0.1, 0.15) is 25.7 Å². The number of imidazole rings is 1. The molecule has 1 aromatic heterocycles. The van der Waals surface area contributed by atoms with Crippen molar-refractivity contribution in [3.8, 4) is 0 Å². The minimum Gasteiger partial charge on any atom is -0.324 e. The molecule has 0 atom stereocenters. The number of nitrogens with two attached hydrogens (primary N) is 1. The van der Waals surface area contributed by atoms with Crippen LogP contribution in [0.4, 0.5) is 0 Å². The van der Waals surface area contributed by atoms with E-state index in [1.807, 2.05) is 18.2 Å².